The normalized spacial score (nSPS) is 15.4. The SMILES string of the molecule is CCCN(C)c1cc2c(cc1Cl)NC(=O)CC(c1cccc(-n3ncnc3CNC3CC3)c1)=N2. The van der Waals surface area contributed by atoms with E-state index in [0.29, 0.717) is 34.7 Å². The largest absolute Gasteiger partial charge is 0.373 e. The lowest BCUT2D eigenvalue weighted by Crippen LogP contribution is -2.19. The lowest BCUT2D eigenvalue weighted by atomic mass is 10.1. The molecule has 34 heavy (non-hydrogen) atoms. The van der Waals surface area contributed by atoms with Crippen molar-refractivity contribution in [3.8, 4) is 5.69 Å². The Balaban J connectivity index is 1.49. The van der Waals surface area contributed by atoms with Gasteiger partial charge in [-0.3, -0.25) is 9.79 Å². The van der Waals surface area contributed by atoms with Crippen LogP contribution in [-0.4, -0.2) is 46.0 Å². The highest BCUT2D eigenvalue weighted by Crippen LogP contribution is 2.38. The van der Waals surface area contributed by atoms with Gasteiger partial charge in [-0.15, -0.1) is 0 Å². The highest BCUT2D eigenvalue weighted by Gasteiger charge is 2.22. The van der Waals surface area contributed by atoms with Gasteiger partial charge < -0.3 is 15.5 Å². The number of aromatic nitrogens is 3. The van der Waals surface area contributed by atoms with E-state index in [1.165, 1.54) is 12.8 Å². The van der Waals surface area contributed by atoms with Crippen molar-refractivity contribution in [1.29, 1.82) is 0 Å². The summed E-state index contributed by atoms with van der Waals surface area (Å²) in [5.41, 5.74) is 4.67. The number of amides is 1. The fourth-order valence-electron chi connectivity index (χ4n) is 4.13. The van der Waals surface area contributed by atoms with Gasteiger partial charge in [-0.05, 0) is 49.1 Å². The van der Waals surface area contributed by atoms with Gasteiger partial charge in [0.25, 0.3) is 0 Å². The molecule has 0 atom stereocenters. The second-order valence-corrected chi connectivity index (χ2v) is 9.23. The molecule has 0 spiro atoms. The van der Waals surface area contributed by atoms with Crippen molar-refractivity contribution >= 4 is 40.3 Å². The van der Waals surface area contributed by atoms with Crippen LogP contribution in [0.4, 0.5) is 17.1 Å². The minimum atomic E-state index is -0.122. The van der Waals surface area contributed by atoms with Crippen LogP contribution >= 0.6 is 11.6 Å². The van der Waals surface area contributed by atoms with Crippen LogP contribution in [0.3, 0.4) is 0 Å². The first-order chi connectivity index (χ1) is 16.5. The molecule has 176 valence electrons. The van der Waals surface area contributed by atoms with Crippen molar-refractivity contribution in [2.75, 3.05) is 23.8 Å². The number of rotatable bonds is 8. The maximum absolute atomic E-state index is 12.7. The summed E-state index contributed by atoms with van der Waals surface area (Å²) in [4.78, 5) is 24.1. The topological polar surface area (TPSA) is 87.4 Å². The van der Waals surface area contributed by atoms with Crippen LogP contribution in [0.2, 0.25) is 5.02 Å². The molecule has 0 saturated heterocycles. The van der Waals surface area contributed by atoms with Gasteiger partial charge in [0.05, 0.1) is 46.4 Å². The van der Waals surface area contributed by atoms with Crippen molar-refractivity contribution in [2.24, 2.45) is 4.99 Å². The zero-order valence-electron chi connectivity index (χ0n) is 19.4. The Kier molecular flexibility index (Phi) is 6.34. The molecule has 1 saturated carbocycles. The number of benzene rings is 2. The van der Waals surface area contributed by atoms with E-state index >= 15 is 0 Å². The van der Waals surface area contributed by atoms with Crippen LogP contribution in [0.15, 0.2) is 47.7 Å². The zero-order valence-corrected chi connectivity index (χ0v) is 20.1. The zero-order chi connectivity index (χ0) is 23.7. The van der Waals surface area contributed by atoms with Crippen LogP contribution in [-0.2, 0) is 11.3 Å². The van der Waals surface area contributed by atoms with Crippen molar-refractivity contribution in [2.45, 2.75) is 45.2 Å². The first-order valence-corrected chi connectivity index (χ1v) is 12.0. The average molecular weight is 478 g/mol. The maximum Gasteiger partial charge on any atom is 0.230 e. The van der Waals surface area contributed by atoms with Gasteiger partial charge in [-0.1, -0.05) is 30.7 Å². The van der Waals surface area contributed by atoms with Crippen molar-refractivity contribution in [1.82, 2.24) is 20.1 Å². The summed E-state index contributed by atoms with van der Waals surface area (Å²) in [5.74, 6) is 0.733. The molecule has 9 heteroatoms. The summed E-state index contributed by atoms with van der Waals surface area (Å²) in [6.07, 6.45) is 5.18. The smallest absolute Gasteiger partial charge is 0.230 e. The Bertz CT molecular complexity index is 1250. The van der Waals surface area contributed by atoms with E-state index in [1.807, 2.05) is 42.1 Å². The Morgan fingerprint density at radius 3 is 2.91 bits per heavy atom. The Morgan fingerprint density at radius 1 is 1.26 bits per heavy atom. The van der Waals surface area contributed by atoms with Crippen LogP contribution in [0.5, 0.6) is 0 Å². The second kappa shape index (κ2) is 9.56. The predicted molar refractivity (Wildman–Crippen MR) is 136 cm³/mol. The fourth-order valence-corrected chi connectivity index (χ4v) is 4.44. The third-order valence-electron chi connectivity index (χ3n) is 6.06. The molecule has 1 aliphatic carbocycles. The summed E-state index contributed by atoms with van der Waals surface area (Å²) >= 11 is 6.53. The monoisotopic (exact) mass is 477 g/mol. The Hall–Kier alpha value is -3.23. The van der Waals surface area contributed by atoms with E-state index in [2.05, 4.69) is 32.5 Å². The van der Waals surface area contributed by atoms with Crippen molar-refractivity contribution in [3.63, 3.8) is 0 Å². The lowest BCUT2D eigenvalue weighted by molar-refractivity contribution is -0.115. The number of fused-ring (bicyclic) bond motifs is 1. The maximum atomic E-state index is 12.7. The molecule has 1 aromatic heterocycles. The van der Waals surface area contributed by atoms with Crippen molar-refractivity contribution < 1.29 is 4.79 Å². The molecule has 0 radical (unpaired) electrons. The number of nitrogens with zero attached hydrogens (tertiary/aromatic N) is 5. The van der Waals surface area contributed by atoms with Crippen molar-refractivity contribution in [3.05, 3.63) is 59.1 Å². The molecule has 2 aromatic carbocycles. The summed E-state index contributed by atoms with van der Waals surface area (Å²) < 4.78 is 1.84. The number of anilines is 2. The lowest BCUT2D eigenvalue weighted by Gasteiger charge is -2.21. The summed E-state index contributed by atoms with van der Waals surface area (Å²) in [5, 5.41) is 11.5. The molecule has 0 bridgehead atoms. The van der Waals surface area contributed by atoms with E-state index in [4.69, 9.17) is 16.6 Å². The molecule has 1 fully saturated rings. The number of nitrogens with one attached hydrogen (secondary N) is 2. The minimum Gasteiger partial charge on any atom is -0.373 e. The van der Waals surface area contributed by atoms with E-state index in [-0.39, 0.29) is 12.3 Å². The molecule has 8 nitrogen and oxygen atoms in total. The molecule has 0 unspecified atom stereocenters. The molecular weight excluding hydrogens is 450 g/mol. The quantitative estimate of drug-likeness (QED) is 0.499. The highest BCUT2D eigenvalue weighted by molar-refractivity contribution is 6.34. The van der Waals surface area contributed by atoms with Gasteiger partial charge in [0.1, 0.15) is 12.2 Å². The number of hydrogen-bond donors (Lipinski definition) is 2. The third-order valence-corrected chi connectivity index (χ3v) is 6.36. The molecule has 3 aromatic rings. The van der Waals surface area contributed by atoms with E-state index in [9.17, 15) is 4.79 Å². The van der Waals surface area contributed by atoms with E-state index in [1.54, 1.807) is 12.4 Å². The van der Waals surface area contributed by atoms with Crippen LogP contribution in [0, 0.1) is 0 Å². The number of carbonyl (C=O) groups is 1. The minimum absolute atomic E-state index is 0.122. The van der Waals surface area contributed by atoms with Gasteiger partial charge in [0.2, 0.25) is 5.91 Å². The predicted octanol–water partition coefficient (Wildman–Crippen LogP) is 4.48. The standard InChI is InChI=1S/C25H28ClN7O/c1-3-9-32(2)23-12-22-21(11-19(23)26)31-25(34)13-20(30-22)16-5-4-6-18(10-16)33-24(28-15-29-33)14-27-17-7-8-17/h4-6,10-12,15,17,27H,3,7-9,13-14H2,1-2H3,(H,31,34). The average Bonchev–Trinajstić information content (AvgIpc) is 3.56. The van der Waals surface area contributed by atoms with E-state index < -0.39 is 0 Å². The fraction of sp³-hybridized carbons (Fsp3) is 0.360. The second-order valence-electron chi connectivity index (χ2n) is 8.82. The van der Waals surface area contributed by atoms with E-state index in [0.717, 1.165) is 35.7 Å². The summed E-state index contributed by atoms with van der Waals surface area (Å²) in [6, 6.07) is 12.2. The number of aliphatic imine (C=N–C) groups is 1. The summed E-state index contributed by atoms with van der Waals surface area (Å²) in [6.45, 7) is 3.67. The molecule has 5 rings (SSSR count). The van der Waals surface area contributed by atoms with Gasteiger partial charge in [0.15, 0.2) is 0 Å². The number of carbonyl (C=O) groups excluding carboxylic acids is 1. The first-order valence-electron chi connectivity index (χ1n) is 11.7. The van der Waals surface area contributed by atoms with Crippen LogP contribution in [0.25, 0.3) is 5.69 Å². The molecule has 2 aliphatic rings. The Morgan fingerprint density at radius 2 is 2.12 bits per heavy atom. The van der Waals surface area contributed by atoms with Gasteiger partial charge in [-0.25, -0.2) is 9.67 Å². The van der Waals surface area contributed by atoms with Crippen LogP contribution in [0.1, 0.15) is 44.0 Å². The molecule has 1 amide bonds. The highest BCUT2D eigenvalue weighted by atomic mass is 35.5. The Labute approximate surface area is 204 Å². The summed E-state index contributed by atoms with van der Waals surface area (Å²) in [7, 11) is 2.01. The molecule has 1 aliphatic heterocycles. The number of hydrogen-bond acceptors (Lipinski definition) is 6. The molecular formula is C25H28ClN7O. The molecule has 2 heterocycles. The number of halogens is 1. The first kappa shape index (κ1) is 22.6. The van der Waals surface area contributed by atoms with Gasteiger partial charge >= 0.3 is 0 Å². The third kappa shape index (κ3) is 4.83. The molecule has 2 N–H and O–H groups in total. The van der Waals surface area contributed by atoms with Crippen LogP contribution < -0.4 is 15.5 Å². The van der Waals surface area contributed by atoms with Gasteiger partial charge in [0, 0.05) is 19.6 Å². The van der Waals surface area contributed by atoms with Gasteiger partial charge in [-0.2, -0.15) is 5.10 Å².